The topological polar surface area (TPSA) is 83.5 Å². The quantitative estimate of drug-likeness (QED) is 0.537. The zero-order chi connectivity index (χ0) is 12.6. The van der Waals surface area contributed by atoms with Crippen LogP contribution in [0.1, 0.15) is 33.1 Å². The number of carboxylic acids is 1. The molecule has 0 aromatic carbocycles. The van der Waals surface area contributed by atoms with E-state index in [1.54, 1.807) is 18.7 Å². The second-order valence-electron chi connectivity index (χ2n) is 4.54. The van der Waals surface area contributed by atoms with Gasteiger partial charge in [0.05, 0.1) is 0 Å². The molecule has 2 unspecified atom stereocenters. The maximum atomic E-state index is 10.7. The molecule has 0 fully saturated rings. The number of thioether (sulfide) groups is 1. The van der Waals surface area contributed by atoms with Gasteiger partial charge in [-0.15, -0.1) is 0 Å². The Hall–Kier alpha value is -0.260. The Bertz CT molecular complexity index is 209. The Morgan fingerprint density at radius 2 is 2.12 bits per heavy atom. The summed E-state index contributed by atoms with van der Waals surface area (Å²) in [6.07, 6.45) is 2.32. The van der Waals surface area contributed by atoms with Crippen molar-refractivity contribution in [3.05, 3.63) is 0 Å². The predicted octanol–water partition coefficient (Wildman–Crippen LogP) is 1.32. The van der Waals surface area contributed by atoms with Crippen LogP contribution in [0.5, 0.6) is 0 Å². The summed E-state index contributed by atoms with van der Waals surface area (Å²) in [5, 5.41) is 17.6. The molecule has 0 bridgehead atoms. The van der Waals surface area contributed by atoms with Gasteiger partial charge in [-0.3, -0.25) is 4.79 Å². The molecule has 0 aliphatic carbocycles. The standard InChI is InChI=1S/C11H23NO3S/c1-9(7-13)8-16-6-4-3-5-11(2,12)10(14)15/h9,13H,3-8,12H2,1-2H3,(H,14,15). The number of aliphatic carboxylic acids is 1. The van der Waals surface area contributed by atoms with Gasteiger partial charge in [0.25, 0.3) is 0 Å². The molecule has 4 N–H and O–H groups in total. The second kappa shape index (κ2) is 7.92. The highest BCUT2D eigenvalue weighted by Gasteiger charge is 2.26. The van der Waals surface area contributed by atoms with Crippen molar-refractivity contribution < 1.29 is 15.0 Å². The molecule has 16 heavy (non-hydrogen) atoms. The molecule has 0 radical (unpaired) electrons. The molecule has 0 saturated heterocycles. The first-order valence-electron chi connectivity index (χ1n) is 5.61. The fourth-order valence-electron chi connectivity index (χ4n) is 1.14. The third kappa shape index (κ3) is 7.09. The van der Waals surface area contributed by atoms with E-state index >= 15 is 0 Å². The van der Waals surface area contributed by atoms with Crippen molar-refractivity contribution in [2.24, 2.45) is 11.7 Å². The first-order chi connectivity index (χ1) is 7.40. The maximum Gasteiger partial charge on any atom is 0.323 e. The molecule has 4 nitrogen and oxygen atoms in total. The number of aliphatic hydroxyl groups excluding tert-OH is 1. The van der Waals surface area contributed by atoms with Gasteiger partial charge in [0.2, 0.25) is 0 Å². The smallest absolute Gasteiger partial charge is 0.323 e. The van der Waals surface area contributed by atoms with Crippen molar-refractivity contribution >= 4 is 17.7 Å². The van der Waals surface area contributed by atoms with Crippen LogP contribution in [0.25, 0.3) is 0 Å². The second-order valence-corrected chi connectivity index (χ2v) is 5.69. The summed E-state index contributed by atoms with van der Waals surface area (Å²) in [6, 6.07) is 0. The molecule has 0 rings (SSSR count). The average Bonchev–Trinajstić information content (AvgIpc) is 2.22. The number of rotatable bonds is 9. The van der Waals surface area contributed by atoms with Crippen LogP contribution in [-0.4, -0.2) is 39.8 Å². The molecule has 0 saturated carbocycles. The number of carbonyl (C=O) groups is 1. The first-order valence-corrected chi connectivity index (χ1v) is 6.76. The fraction of sp³-hybridized carbons (Fsp3) is 0.909. The molecular formula is C11H23NO3S. The molecule has 0 aliphatic rings. The Balaban J connectivity index is 3.44. The van der Waals surface area contributed by atoms with Gasteiger partial charge in [0.15, 0.2) is 0 Å². The van der Waals surface area contributed by atoms with Gasteiger partial charge in [-0.25, -0.2) is 0 Å². The minimum Gasteiger partial charge on any atom is -0.480 e. The number of hydrogen-bond acceptors (Lipinski definition) is 4. The minimum atomic E-state index is -1.09. The lowest BCUT2D eigenvalue weighted by molar-refractivity contribution is -0.142. The van der Waals surface area contributed by atoms with E-state index in [-0.39, 0.29) is 6.61 Å². The fourth-order valence-corrected chi connectivity index (χ4v) is 2.22. The van der Waals surface area contributed by atoms with Crippen molar-refractivity contribution in [2.75, 3.05) is 18.1 Å². The largest absolute Gasteiger partial charge is 0.480 e. The highest BCUT2D eigenvalue weighted by Crippen LogP contribution is 2.15. The molecule has 0 aromatic rings. The van der Waals surface area contributed by atoms with Crippen molar-refractivity contribution in [2.45, 2.75) is 38.6 Å². The van der Waals surface area contributed by atoms with Crippen LogP contribution in [0.4, 0.5) is 0 Å². The molecule has 0 aliphatic heterocycles. The lowest BCUT2D eigenvalue weighted by Crippen LogP contribution is -2.44. The number of hydrogen-bond donors (Lipinski definition) is 3. The van der Waals surface area contributed by atoms with Gasteiger partial charge in [0.1, 0.15) is 5.54 Å². The van der Waals surface area contributed by atoms with E-state index in [9.17, 15) is 4.79 Å². The van der Waals surface area contributed by atoms with Gasteiger partial charge in [0, 0.05) is 6.61 Å². The molecule has 96 valence electrons. The van der Waals surface area contributed by atoms with Crippen molar-refractivity contribution in [1.82, 2.24) is 0 Å². The monoisotopic (exact) mass is 249 g/mol. The molecule has 0 aromatic heterocycles. The van der Waals surface area contributed by atoms with Crippen LogP contribution < -0.4 is 5.73 Å². The molecule has 0 amide bonds. The summed E-state index contributed by atoms with van der Waals surface area (Å²) in [5.41, 5.74) is 4.51. The predicted molar refractivity (Wildman–Crippen MR) is 67.7 cm³/mol. The van der Waals surface area contributed by atoms with Crippen LogP contribution in [0.2, 0.25) is 0 Å². The Kier molecular flexibility index (Phi) is 7.80. The summed E-state index contributed by atoms with van der Waals surface area (Å²) in [6.45, 7) is 3.79. The third-order valence-electron chi connectivity index (χ3n) is 2.44. The average molecular weight is 249 g/mol. The number of nitrogens with two attached hydrogens (primary N) is 1. The molecule has 0 spiro atoms. The van der Waals surface area contributed by atoms with Crippen LogP contribution in [0.3, 0.4) is 0 Å². The van der Waals surface area contributed by atoms with E-state index in [0.29, 0.717) is 12.3 Å². The van der Waals surface area contributed by atoms with E-state index < -0.39 is 11.5 Å². The minimum absolute atomic E-state index is 0.229. The van der Waals surface area contributed by atoms with Crippen molar-refractivity contribution in [1.29, 1.82) is 0 Å². The summed E-state index contributed by atoms with van der Waals surface area (Å²) in [4.78, 5) is 10.7. The van der Waals surface area contributed by atoms with Crippen LogP contribution in [-0.2, 0) is 4.79 Å². The third-order valence-corrected chi connectivity index (χ3v) is 3.82. The lowest BCUT2D eigenvalue weighted by atomic mass is 9.97. The van der Waals surface area contributed by atoms with E-state index in [1.165, 1.54) is 0 Å². The molecule has 0 heterocycles. The number of aliphatic hydroxyl groups is 1. The summed E-state index contributed by atoms with van der Waals surface area (Å²) >= 11 is 1.80. The number of unbranched alkanes of at least 4 members (excludes halogenated alkanes) is 1. The Morgan fingerprint density at radius 3 is 2.62 bits per heavy atom. The lowest BCUT2D eigenvalue weighted by Gasteiger charge is -2.18. The molecular weight excluding hydrogens is 226 g/mol. The van der Waals surface area contributed by atoms with E-state index in [1.807, 2.05) is 6.92 Å². The maximum absolute atomic E-state index is 10.7. The molecule has 2 atom stereocenters. The first kappa shape index (κ1) is 15.7. The summed E-state index contributed by atoms with van der Waals surface area (Å²) < 4.78 is 0. The molecule has 5 heteroatoms. The highest BCUT2D eigenvalue weighted by atomic mass is 32.2. The normalized spacial score (nSPS) is 16.8. The SMILES string of the molecule is CC(CO)CSCCCCC(C)(N)C(=O)O. The van der Waals surface area contributed by atoms with E-state index in [2.05, 4.69) is 0 Å². The highest BCUT2D eigenvalue weighted by molar-refractivity contribution is 7.99. The zero-order valence-corrected chi connectivity index (χ0v) is 10.9. The van der Waals surface area contributed by atoms with E-state index in [0.717, 1.165) is 24.3 Å². The number of carboxylic acid groups (broad SMARTS) is 1. The van der Waals surface area contributed by atoms with Crippen LogP contribution >= 0.6 is 11.8 Å². The van der Waals surface area contributed by atoms with Gasteiger partial charge < -0.3 is 15.9 Å². The summed E-state index contributed by atoms with van der Waals surface area (Å²) in [5.74, 6) is 1.35. The van der Waals surface area contributed by atoms with Gasteiger partial charge in [-0.2, -0.15) is 11.8 Å². The Labute approximate surface area is 102 Å². The van der Waals surface area contributed by atoms with Gasteiger partial charge >= 0.3 is 5.97 Å². The Morgan fingerprint density at radius 1 is 1.50 bits per heavy atom. The summed E-state index contributed by atoms with van der Waals surface area (Å²) in [7, 11) is 0. The van der Waals surface area contributed by atoms with Gasteiger partial charge in [-0.05, 0) is 37.2 Å². The van der Waals surface area contributed by atoms with Crippen LogP contribution in [0.15, 0.2) is 0 Å². The van der Waals surface area contributed by atoms with E-state index in [4.69, 9.17) is 15.9 Å². The van der Waals surface area contributed by atoms with Crippen molar-refractivity contribution in [3.8, 4) is 0 Å². The van der Waals surface area contributed by atoms with Crippen molar-refractivity contribution in [3.63, 3.8) is 0 Å². The zero-order valence-electron chi connectivity index (χ0n) is 10.1. The van der Waals surface area contributed by atoms with Crippen LogP contribution in [0, 0.1) is 5.92 Å². The van der Waals surface area contributed by atoms with Gasteiger partial charge in [-0.1, -0.05) is 13.3 Å².